The molecule has 1 heterocycles. The molecule has 3 N–H and O–H groups in total. The van der Waals surface area contributed by atoms with Crippen molar-refractivity contribution in [2.45, 2.75) is 12.5 Å². The Hall–Kier alpha value is -1.60. The highest BCUT2D eigenvalue weighted by molar-refractivity contribution is 9.10. The number of amides is 1. The lowest BCUT2D eigenvalue weighted by atomic mass is 9.97. The Morgan fingerprint density at radius 2 is 2.04 bits per heavy atom. The van der Waals surface area contributed by atoms with Crippen LogP contribution in [0.2, 0.25) is 5.02 Å². The Morgan fingerprint density at radius 3 is 2.72 bits per heavy atom. The molecule has 0 aliphatic carbocycles. The summed E-state index contributed by atoms with van der Waals surface area (Å²) in [6.07, 6.45) is 0. The van der Waals surface area contributed by atoms with Crippen LogP contribution in [0.4, 0.5) is 0 Å². The number of rotatable bonds is 5. The number of nitrogens with one attached hydrogen (secondary N) is 3. The van der Waals surface area contributed by atoms with E-state index in [1.807, 2.05) is 30.3 Å². The predicted octanol–water partition coefficient (Wildman–Crippen LogP) is 3.23. The third kappa shape index (κ3) is 4.33. The number of hydrogen-bond donors (Lipinski definition) is 3. The summed E-state index contributed by atoms with van der Waals surface area (Å²) in [6.45, 7) is 2.04. The van der Waals surface area contributed by atoms with Crippen molar-refractivity contribution in [1.29, 1.82) is 0 Å². The number of carbonyl (C=O) groups is 1. The van der Waals surface area contributed by atoms with Crippen LogP contribution in [-0.2, 0) is 6.54 Å². The Morgan fingerprint density at radius 1 is 1.28 bits per heavy atom. The van der Waals surface area contributed by atoms with Gasteiger partial charge in [0, 0.05) is 40.6 Å². The van der Waals surface area contributed by atoms with Gasteiger partial charge in [-0.2, -0.15) is 0 Å². The maximum Gasteiger partial charge on any atom is 0.251 e. The fourth-order valence-corrected chi connectivity index (χ4v) is 3.56. The predicted molar refractivity (Wildman–Crippen MR) is 102 cm³/mol. The van der Waals surface area contributed by atoms with Crippen LogP contribution in [0.15, 0.2) is 40.9 Å². The van der Waals surface area contributed by atoms with Gasteiger partial charge in [0.25, 0.3) is 5.91 Å². The highest BCUT2D eigenvalue weighted by atomic mass is 79.9. The molecule has 1 saturated heterocycles. The van der Waals surface area contributed by atoms with Crippen molar-refractivity contribution >= 4 is 33.4 Å². The van der Waals surface area contributed by atoms with Crippen LogP contribution in [0.5, 0.6) is 5.75 Å². The van der Waals surface area contributed by atoms with Gasteiger partial charge in [-0.3, -0.25) is 15.6 Å². The lowest BCUT2D eigenvalue weighted by Crippen LogP contribution is -2.23. The Balaban J connectivity index is 1.71. The zero-order valence-electron chi connectivity index (χ0n) is 13.7. The molecular weight excluding hydrogens is 406 g/mol. The van der Waals surface area contributed by atoms with Crippen LogP contribution in [0.25, 0.3) is 0 Å². The monoisotopic (exact) mass is 423 g/mol. The van der Waals surface area contributed by atoms with E-state index < -0.39 is 0 Å². The van der Waals surface area contributed by atoms with Crippen molar-refractivity contribution < 1.29 is 9.53 Å². The molecule has 1 fully saturated rings. The summed E-state index contributed by atoms with van der Waals surface area (Å²) < 4.78 is 6.39. The molecule has 0 atom stereocenters. The zero-order valence-corrected chi connectivity index (χ0v) is 16.1. The first kappa shape index (κ1) is 18.2. The topological polar surface area (TPSA) is 62.4 Å². The minimum absolute atomic E-state index is 0.161. The normalized spacial score (nSPS) is 14.5. The number of benzene rings is 2. The number of carbonyl (C=O) groups excluding carboxylic acids is 1. The van der Waals surface area contributed by atoms with Crippen LogP contribution >= 0.6 is 27.5 Å². The van der Waals surface area contributed by atoms with Crippen molar-refractivity contribution in [2.24, 2.45) is 0 Å². The van der Waals surface area contributed by atoms with Gasteiger partial charge in [-0.25, -0.2) is 0 Å². The van der Waals surface area contributed by atoms with E-state index in [9.17, 15) is 4.79 Å². The van der Waals surface area contributed by atoms with Gasteiger partial charge in [-0.1, -0.05) is 39.7 Å². The molecule has 0 radical (unpaired) electrons. The second kappa shape index (κ2) is 8.19. The second-order valence-electron chi connectivity index (χ2n) is 5.83. The zero-order chi connectivity index (χ0) is 17.8. The van der Waals surface area contributed by atoms with Crippen LogP contribution in [0.3, 0.4) is 0 Å². The van der Waals surface area contributed by atoms with E-state index >= 15 is 0 Å². The molecule has 25 heavy (non-hydrogen) atoms. The van der Waals surface area contributed by atoms with E-state index in [-0.39, 0.29) is 5.91 Å². The van der Waals surface area contributed by atoms with E-state index in [0.717, 1.165) is 34.4 Å². The van der Waals surface area contributed by atoms with E-state index in [4.69, 9.17) is 16.3 Å². The molecule has 0 aromatic heterocycles. The SMILES string of the molecule is COc1cc(C(=O)NCc2ccc(Br)cc2Cl)ccc1C1CNNC1. The van der Waals surface area contributed by atoms with Crippen LogP contribution in [-0.4, -0.2) is 26.1 Å². The molecular formula is C18H19BrClN3O2. The summed E-state index contributed by atoms with van der Waals surface area (Å²) in [5, 5.41) is 3.51. The molecule has 1 amide bonds. The molecule has 5 nitrogen and oxygen atoms in total. The van der Waals surface area contributed by atoms with Gasteiger partial charge < -0.3 is 10.1 Å². The third-order valence-electron chi connectivity index (χ3n) is 4.21. The first-order chi connectivity index (χ1) is 12.1. The minimum atomic E-state index is -0.161. The number of ether oxygens (including phenoxy) is 1. The van der Waals surface area contributed by atoms with Crippen LogP contribution < -0.4 is 20.9 Å². The lowest BCUT2D eigenvalue weighted by Gasteiger charge is -2.15. The van der Waals surface area contributed by atoms with E-state index in [2.05, 4.69) is 32.1 Å². The Bertz CT molecular complexity index is 779. The molecule has 7 heteroatoms. The average Bonchev–Trinajstić information content (AvgIpc) is 3.14. The molecule has 132 valence electrons. The van der Waals surface area contributed by atoms with Crippen molar-refractivity contribution in [1.82, 2.24) is 16.2 Å². The largest absolute Gasteiger partial charge is 0.496 e. The number of methoxy groups -OCH3 is 1. The number of hydrazine groups is 1. The molecule has 0 saturated carbocycles. The maximum atomic E-state index is 12.5. The molecule has 3 rings (SSSR count). The molecule has 2 aromatic rings. The Labute approximate surface area is 160 Å². The fourth-order valence-electron chi connectivity index (χ4n) is 2.82. The Kier molecular flexibility index (Phi) is 5.96. The van der Waals surface area contributed by atoms with Crippen molar-refractivity contribution in [3.63, 3.8) is 0 Å². The molecule has 0 bridgehead atoms. The first-order valence-electron chi connectivity index (χ1n) is 7.94. The first-order valence-corrected chi connectivity index (χ1v) is 9.11. The lowest BCUT2D eigenvalue weighted by molar-refractivity contribution is 0.0950. The van der Waals surface area contributed by atoms with Gasteiger partial charge in [-0.05, 0) is 35.4 Å². The van der Waals surface area contributed by atoms with Crippen molar-refractivity contribution in [3.8, 4) is 5.75 Å². The number of hydrogen-bond acceptors (Lipinski definition) is 4. The summed E-state index contributed by atoms with van der Waals surface area (Å²) in [5.74, 6) is 0.893. The summed E-state index contributed by atoms with van der Waals surface area (Å²) in [4.78, 5) is 12.5. The summed E-state index contributed by atoms with van der Waals surface area (Å²) >= 11 is 9.56. The quantitative estimate of drug-likeness (QED) is 0.690. The highest BCUT2D eigenvalue weighted by Crippen LogP contribution is 2.28. The molecule has 2 aromatic carbocycles. The standard InChI is InChI=1S/C18H19BrClN3O2/c1-25-17-6-11(3-5-15(17)13-9-22-23-10-13)18(24)21-8-12-2-4-14(19)7-16(12)20/h2-7,13,22-23H,8-10H2,1H3,(H,21,24). The second-order valence-corrected chi connectivity index (χ2v) is 7.16. The smallest absolute Gasteiger partial charge is 0.251 e. The van der Waals surface area contributed by atoms with Crippen molar-refractivity contribution in [2.75, 3.05) is 20.2 Å². The minimum Gasteiger partial charge on any atom is -0.496 e. The summed E-state index contributed by atoms with van der Waals surface area (Å²) in [5.41, 5.74) is 8.73. The molecule has 1 aliphatic rings. The van der Waals surface area contributed by atoms with Gasteiger partial charge in [0.2, 0.25) is 0 Å². The summed E-state index contributed by atoms with van der Waals surface area (Å²) in [7, 11) is 1.62. The average molecular weight is 425 g/mol. The highest BCUT2D eigenvalue weighted by Gasteiger charge is 2.21. The van der Waals surface area contributed by atoms with Crippen LogP contribution in [0, 0.1) is 0 Å². The maximum absolute atomic E-state index is 12.5. The summed E-state index contributed by atoms with van der Waals surface area (Å²) in [6, 6.07) is 11.2. The molecule has 0 spiro atoms. The van der Waals surface area contributed by atoms with Crippen molar-refractivity contribution in [3.05, 3.63) is 62.6 Å². The van der Waals surface area contributed by atoms with Gasteiger partial charge >= 0.3 is 0 Å². The van der Waals surface area contributed by atoms with Gasteiger partial charge in [0.05, 0.1) is 7.11 Å². The fraction of sp³-hybridized carbons (Fsp3) is 0.278. The van der Waals surface area contributed by atoms with E-state index in [1.165, 1.54) is 0 Å². The molecule has 1 aliphatic heterocycles. The van der Waals surface area contributed by atoms with Crippen LogP contribution in [0.1, 0.15) is 27.4 Å². The third-order valence-corrected chi connectivity index (χ3v) is 5.06. The van der Waals surface area contributed by atoms with E-state index in [1.54, 1.807) is 13.2 Å². The van der Waals surface area contributed by atoms with Gasteiger partial charge in [0.1, 0.15) is 5.75 Å². The van der Waals surface area contributed by atoms with Gasteiger partial charge in [0.15, 0.2) is 0 Å². The number of halogens is 2. The molecule has 0 unspecified atom stereocenters. The van der Waals surface area contributed by atoms with Gasteiger partial charge in [-0.15, -0.1) is 0 Å². The van der Waals surface area contributed by atoms with E-state index in [0.29, 0.717) is 23.0 Å².